The van der Waals surface area contributed by atoms with Gasteiger partial charge in [0.25, 0.3) is 0 Å². The number of hydrogen-bond donors (Lipinski definition) is 3. The Bertz CT molecular complexity index is 390. The molecule has 0 aliphatic carbocycles. The van der Waals surface area contributed by atoms with E-state index in [2.05, 4.69) is 6.58 Å². The number of hydrogen-bond acceptors (Lipinski definition) is 5. The molecule has 0 bridgehead atoms. The lowest BCUT2D eigenvalue weighted by Crippen LogP contribution is -2.41. The molecule has 0 aromatic carbocycles. The van der Waals surface area contributed by atoms with Gasteiger partial charge in [0.05, 0.1) is 13.2 Å². The van der Waals surface area contributed by atoms with Crippen molar-refractivity contribution in [2.24, 2.45) is 0 Å². The fourth-order valence-corrected chi connectivity index (χ4v) is 4.13. The number of aliphatic hydroxyl groups excluding tert-OH is 3. The molecule has 4 atom stereocenters. The number of aliphatic hydroxyl groups is 3. The third-order valence-corrected chi connectivity index (χ3v) is 6.12. The summed E-state index contributed by atoms with van der Waals surface area (Å²) in [4.78, 5) is 0. The Hall–Kier alpha value is -0.460. The van der Waals surface area contributed by atoms with Crippen LogP contribution in [-0.4, -0.2) is 59.6 Å². The molecule has 0 saturated carbocycles. The van der Waals surface area contributed by atoms with E-state index in [9.17, 15) is 10.2 Å². The van der Waals surface area contributed by atoms with E-state index in [0.717, 1.165) is 12.8 Å². The molecule has 1 aliphatic heterocycles. The molecule has 30 heavy (non-hydrogen) atoms. The molecule has 0 spiro atoms. The van der Waals surface area contributed by atoms with E-state index < -0.39 is 31.0 Å². The van der Waals surface area contributed by atoms with Crippen LogP contribution in [0.25, 0.3) is 0 Å². The molecule has 178 valence electrons. The fourth-order valence-electron chi connectivity index (χ4n) is 4.13. The van der Waals surface area contributed by atoms with Crippen LogP contribution in [0.5, 0.6) is 0 Å². The van der Waals surface area contributed by atoms with Gasteiger partial charge in [-0.3, -0.25) is 0 Å². The Balaban J connectivity index is 1.78. The quantitative estimate of drug-likeness (QED) is 0.179. The molecule has 5 heteroatoms. The van der Waals surface area contributed by atoms with Crippen LogP contribution in [0.2, 0.25) is 0 Å². The summed E-state index contributed by atoms with van der Waals surface area (Å²) in [6.45, 7) is 4.24. The average molecular weight is 429 g/mol. The minimum absolute atomic E-state index is 0.276. The van der Waals surface area contributed by atoms with Gasteiger partial charge in [-0.25, -0.2) is 0 Å². The van der Waals surface area contributed by atoms with Crippen LogP contribution in [0.4, 0.5) is 0 Å². The fraction of sp³-hybridized carbons (Fsp3) is 0.920. The third kappa shape index (κ3) is 13.1. The molecule has 0 radical (unpaired) electrons. The molecule has 3 N–H and O–H groups in total. The van der Waals surface area contributed by atoms with Crippen LogP contribution in [0.3, 0.4) is 0 Å². The summed E-state index contributed by atoms with van der Waals surface area (Å²) in [7, 11) is 0. The lowest BCUT2D eigenvalue weighted by Gasteiger charge is -2.20. The standard InChI is InChI=1S/C25H48O5/c1-2-3-4-5-6-7-8-9-10-11-12-13-14-15-16-17-18-19-29-23-21-30-25(24(23)28)22(27)20-26/h2,22-28H,1,3-21H2/t22-,23+,24-,25-/m0/s1. The van der Waals surface area contributed by atoms with Gasteiger partial charge in [-0.1, -0.05) is 89.5 Å². The van der Waals surface area contributed by atoms with E-state index in [-0.39, 0.29) is 6.61 Å². The Morgan fingerprint density at radius 1 is 0.833 bits per heavy atom. The molecule has 1 rings (SSSR count). The van der Waals surface area contributed by atoms with Crippen molar-refractivity contribution in [3.8, 4) is 0 Å². The Morgan fingerprint density at radius 3 is 1.77 bits per heavy atom. The topological polar surface area (TPSA) is 79.2 Å². The average Bonchev–Trinajstić information content (AvgIpc) is 3.12. The maximum absolute atomic E-state index is 10.1. The van der Waals surface area contributed by atoms with Crippen LogP contribution in [0.15, 0.2) is 12.7 Å². The summed E-state index contributed by atoms with van der Waals surface area (Å²) in [5.41, 5.74) is 0. The first kappa shape index (κ1) is 27.6. The summed E-state index contributed by atoms with van der Waals surface area (Å²) < 4.78 is 11.0. The van der Waals surface area contributed by atoms with Crippen molar-refractivity contribution in [1.82, 2.24) is 0 Å². The third-order valence-electron chi connectivity index (χ3n) is 6.12. The summed E-state index contributed by atoms with van der Waals surface area (Å²) in [5.74, 6) is 0. The summed E-state index contributed by atoms with van der Waals surface area (Å²) in [6.07, 6.45) is 20.0. The van der Waals surface area contributed by atoms with Gasteiger partial charge in [0, 0.05) is 6.61 Å². The number of unbranched alkanes of at least 4 members (excludes halogenated alkanes) is 15. The molecule has 0 unspecified atom stereocenters. The van der Waals surface area contributed by atoms with Gasteiger partial charge in [0.1, 0.15) is 24.4 Å². The second-order valence-corrected chi connectivity index (χ2v) is 8.83. The second-order valence-electron chi connectivity index (χ2n) is 8.83. The highest BCUT2D eigenvalue weighted by Crippen LogP contribution is 2.21. The maximum atomic E-state index is 10.1. The highest BCUT2D eigenvalue weighted by Gasteiger charge is 2.40. The smallest absolute Gasteiger partial charge is 0.114 e. The molecular weight excluding hydrogens is 380 g/mol. The Labute approximate surface area is 184 Å². The predicted octanol–water partition coefficient (Wildman–Crippen LogP) is 4.91. The zero-order valence-electron chi connectivity index (χ0n) is 19.2. The van der Waals surface area contributed by atoms with E-state index in [4.69, 9.17) is 14.6 Å². The van der Waals surface area contributed by atoms with Crippen LogP contribution in [0, 0.1) is 0 Å². The van der Waals surface area contributed by atoms with Crippen molar-refractivity contribution in [3.05, 3.63) is 12.7 Å². The van der Waals surface area contributed by atoms with Crippen molar-refractivity contribution in [2.75, 3.05) is 19.8 Å². The summed E-state index contributed by atoms with van der Waals surface area (Å²) in [6, 6.07) is 0. The molecule has 1 fully saturated rings. The van der Waals surface area contributed by atoms with Gasteiger partial charge in [-0.05, 0) is 19.3 Å². The Kier molecular flexibility index (Phi) is 17.7. The van der Waals surface area contributed by atoms with Crippen molar-refractivity contribution in [2.45, 2.75) is 127 Å². The van der Waals surface area contributed by atoms with Crippen molar-refractivity contribution in [3.63, 3.8) is 0 Å². The molecule has 1 heterocycles. The molecule has 1 saturated heterocycles. The zero-order valence-corrected chi connectivity index (χ0v) is 19.2. The summed E-state index contributed by atoms with van der Waals surface area (Å²) in [5, 5.41) is 28.6. The molecular formula is C25H48O5. The lowest BCUT2D eigenvalue weighted by molar-refractivity contribution is -0.0730. The largest absolute Gasteiger partial charge is 0.394 e. The van der Waals surface area contributed by atoms with Gasteiger partial charge < -0.3 is 24.8 Å². The van der Waals surface area contributed by atoms with Gasteiger partial charge in [0.2, 0.25) is 0 Å². The molecule has 5 nitrogen and oxygen atoms in total. The predicted molar refractivity (Wildman–Crippen MR) is 123 cm³/mol. The molecule has 0 aromatic rings. The number of ether oxygens (including phenoxy) is 2. The Morgan fingerprint density at radius 2 is 1.30 bits per heavy atom. The SMILES string of the molecule is C=CCCCCCCCCCCCCCCCCCO[C@@H]1CO[C@@H]([C@@H](O)CO)[C@H]1O. The van der Waals surface area contributed by atoms with Crippen LogP contribution >= 0.6 is 0 Å². The lowest BCUT2D eigenvalue weighted by atomic mass is 10.0. The highest BCUT2D eigenvalue weighted by atomic mass is 16.6. The van der Waals surface area contributed by atoms with E-state index in [0.29, 0.717) is 6.61 Å². The highest BCUT2D eigenvalue weighted by molar-refractivity contribution is 4.88. The van der Waals surface area contributed by atoms with Crippen molar-refractivity contribution >= 4 is 0 Å². The van der Waals surface area contributed by atoms with Gasteiger partial charge >= 0.3 is 0 Å². The number of allylic oxidation sites excluding steroid dienone is 1. The molecule has 0 amide bonds. The number of rotatable bonds is 21. The normalized spacial score (nSPS) is 22.4. The van der Waals surface area contributed by atoms with Crippen molar-refractivity contribution < 1.29 is 24.8 Å². The van der Waals surface area contributed by atoms with Gasteiger partial charge in [-0.2, -0.15) is 0 Å². The second kappa shape index (κ2) is 19.2. The van der Waals surface area contributed by atoms with Crippen LogP contribution < -0.4 is 0 Å². The minimum Gasteiger partial charge on any atom is -0.394 e. The molecule has 1 aliphatic rings. The van der Waals surface area contributed by atoms with Gasteiger partial charge in [0.15, 0.2) is 0 Å². The van der Waals surface area contributed by atoms with E-state index in [1.807, 2.05) is 6.08 Å². The minimum atomic E-state index is -1.05. The first-order valence-corrected chi connectivity index (χ1v) is 12.5. The van der Waals surface area contributed by atoms with Gasteiger partial charge in [-0.15, -0.1) is 6.58 Å². The van der Waals surface area contributed by atoms with E-state index in [1.165, 1.54) is 89.9 Å². The first-order valence-electron chi connectivity index (χ1n) is 12.5. The van der Waals surface area contributed by atoms with E-state index >= 15 is 0 Å². The summed E-state index contributed by atoms with van der Waals surface area (Å²) >= 11 is 0. The van der Waals surface area contributed by atoms with Crippen molar-refractivity contribution in [1.29, 1.82) is 0 Å². The first-order chi connectivity index (χ1) is 14.7. The molecule has 0 aromatic heterocycles. The van der Waals surface area contributed by atoms with Crippen LogP contribution in [-0.2, 0) is 9.47 Å². The van der Waals surface area contributed by atoms with Crippen LogP contribution in [0.1, 0.15) is 103 Å². The monoisotopic (exact) mass is 428 g/mol. The zero-order chi connectivity index (χ0) is 21.9. The maximum Gasteiger partial charge on any atom is 0.114 e. The van der Waals surface area contributed by atoms with E-state index in [1.54, 1.807) is 0 Å².